The number of nitrogens with one attached hydrogen (secondary N) is 1. The number of hydrogen-bond donors (Lipinski definition) is 1. The lowest BCUT2D eigenvalue weighted by Gasteiger charge is -2.10. The number of ether oxygens (including phenoxy) is 1. The molecule has 0 spiro atoms. The number of rotatable bonds is 4. The van der Waals surface area contributed by atoms with Crippen molar-refractivity contribution in [1.82, 2.24) is 0 Å². The van der Waals surface area contributed by atoms with E-state index < -0.39 is 0 Å². The summed E-state index contributed by atoms with van der Waals surface area (Å²) < 4.78 is 5.55. The lowest BCUT2D eigenvalue weighted by atomic mass is 10.0. The third-order valence-corrected chi connectivity index (χ3v) is 4.02. The smallest absolute Gasteiger partial charge is 0.235 e. The zero-order valence-electron chi connectivity index (χ0n) is 11.5. The van der Waals surface area contributed by atoms with Crippen LogP contribution in [0.25, 0.3) is 0 Å². The van der Waals surface area contributed by atoms with E-state index in [4.69, 9.17) is 4.74 Å². The van der Waals surface area contributed by atoms with Gasteiger partial charge in [0.2, 0.25) is 5.91 Å². The normalized spacial score (nSPS) is 16.1. The molecule has 3 nitrogen and oxygen atoms in total. The number of amides is 1. The summed E-state index contributed by atoms with van der Waals surface area (Å²) >= 11 is 3.42. The number of halogens is 1. The fourth-order valence-corrected chi connectivity index (χ4v) is 2.93. The first-order valence-electron chi connectivity index (χ1n) is 6.95. The molecule has 3 rings (SSSR count). The van der Waals surface area contributed by atoms with Gasteiger partial charge < -0.3 is 10.1 Å². The van der Waals surface area contributed by atoms with Crippen molar-refractivity contribution in [1.29, 1.82) is 0 Å². The van der Waals surface area contributed by atoms with E-state index in [1.807, 2.05) is 48.5 Å². The van der Waals surface area contributed by atoms with Crippen LogP contribution in [-0.2, 0) is 11.2 Å². The molecule has 0 radical (unpaired) electrons. The predicted molar refractivity (Wildman–Crippen MR) is 87.2 cm³/mol. The average Bonchev–Trinajstić information content (AvgIpc) is 2.93. The van der Waals surface area contributed by atoms with Crippen LogP contribution in [-0.4, -0.2) is 17.8 Å². The molecule has 1 N–H and O–H groups in total. The second-order valence-electron chi connectivity index (χ2n) is 5.03. The summed E-state index contributed by atoms with van der Waals surface area (Å²) in [5.41, 5.74) is 3.04. The maximum atomic E-state index is 12.4. The number of fused-ring (bicyclic) bond motifs is 1. The van der Waals surface area contributed by atoms with Gasteiger partial charge in [-0.15, -0.1) is 0 Å². The van der Waals surface area contributed by atoms with Crippen LogP contribution in [0.1, 0.15) is 17.0 Å². The quantitative estimate of drug-likeness (QED) is 0.857. The maximum absolute atomic E-state index is 12.4. The van der Waals surface area contributed by atoms with Crippen molar-refractivity contribution in [2.45, 2.75) is 12.3 Å². The highest BCUT2D eigenvalue weighted by Gasteiger charge is 2.29. The van der Waals surface area contributed by atoms with Crippen molar-refractivity contribution in [3.05, 3.63) is 59.7 Å². The number of benzene rings is 2. The molecule has 0 fully saturated rings. The molecular formula is C17H16BrNO2. The summed E-state index contributed by atoms with van der Waals surface area (Å²) in [5, 5.41) is 3.90. The monoisotopic (exact) mass is 345 g/mol. The van der Waals surface area contributed by atoms with E-state index in [0.29, 0.717) is 6.61 Å². The van der Waals surface area contributed by atoms with Crippen LogP contribution in [0.5, 0.6) is 5.75 Å². The van der Waals surface area contributed by atoms with Crippen molar-refractivity contribution in [3.63, 3.8) is 0 Å². The first-order chi connectivity index (χ1) is 10.3. The number of carbonyl (C=O) groups is 1. The Morgan fingerprint density at radius 2 is 1.95 bits per heavy atom. The highest BCUT2D eigenvalue weighted by molar-refractivity contribution is 9.09. The average molecular weight is 346 g/mol. The molecule has 4 heteroatoms. The topological polar surface area (TPSA) is 38.3 Å². The molecule has 1 aliphatic heterocycles. The zero-order valence-corrected chi connectivity index (χ0v) is 13.1. The Labute approximate surface area is 132 Å². The summed E-state index contributed by atoms with van der Waals surface area (Å²) in [5.74, 6) is 0.557. The molecule has 0 saturated carbocycles. The van der Waals surface area contributed by atoms with Crippen LogP contribution in [0.15, 0.2) is 48.5 Å². The van der Waals surface area contributed by atoms with E-state index >= 15 is 0 Å². The van der Waals surface area contributed by atoms with E-state index in [1.165, 1.54) is 5.56 Å². The molecule has 21 heavy (non-hydrogen) atoms. The van der Waals surface area contributed by atoms with Gasteiger partial charge in [-0.05, 0) is 30.2 Å². The third kappa shape index (κ3) is 3.10. The summed E-state index contributed by atoms with van der Waals surface area (Å²) in [6.45, 7) is 0.410. The van der Waals surface area contributed by atoms with Gasteiger partial charge in [0, 0.05) is 16.6 Å². The number of aryl methyl sites for hydroxylation is 1. The highest BCUT2D eigenvalue weighted by Crippen LogP contribution is 2.34. The fraction of sp³-hybridized carbons (Fsp3) is 0.235. The molecule has 108 valence electrons. The van der Waals surface area contributed by atoms with E-state index in [0.717, 1.165) is 28.8 Å². The van der Waals surface area contributed by atoms with E-state index in [1.54, 1.807) is 0 Å². The second kappa shape index (κ2) is 6.31. The Bertz CT molecular complexity index is 639. The second-order valence-corrected chi connectivity index (χ2v) is 5.82. The summed E-state index contributed by atoms with van der Waals surface area (Å²) in [4.78, 5) is 12.4. The molecule has 1 aliphatic rings. The number of hydrogen-bond acceptors (Lipinski definition) is 2. The van der Waals surface area contributed by atoms with Crippen molar-refractivity contribution in [2.24, 2.45) is 0 Å². The van der Waals surface area contributed by atoms with E-state index in [2.05, 4.69) is 21.2 Å². The largest absolute Gasteiger partial charge is 0.492 e. The van der Waals surface area contributed by atoms with Gasteiger partial charge in [-0.1, -0.05) is 46.3 Å². The Morgan fingerprint density at radius 1 is 1.19 bits per heavy atom. The van der Waals surface area contributed by atoms with Crippen LogP contribution in [0.3, 0.4) is 0 Å². The van der Waals surface area contributed by atoms with Crippen LogP contribution in [0.4, 0.5) is 5.69 Å². The molecule has 0 saturated heterocycles. The Morgan fingerprint density at radius 3 is 2.71 bits per heavy atom. The SMILES string of the molecule is O=C(Nc1ccc(CCBr)cc1)C1COc2ccccc21. The molecule has 1 amide bonds. The fourth-order valence-electron chi connectivity index (χ4n) is 2.47. The Hall–Kier alpha value is -1.81. The summed E-state index contributed by atoms with van der Waals surface area (Å²) in [6.07, 6.45) is 0.984. The maximum Gasteiger partial charge on any atom is 0.235 e. The first-order valence-corrected chi connectivity index (χ1v) is 8.07. The van der Waals surface area contributed by atoms with Gasteiger partial charge in [-0.25, -0.2) is 0 Å². The summed E-state index contributed by atoms with van der Waals surface area (Å²) in [6, 6.07) is 15.7. The van der Waals surface area contributed by atoms with Crippen molar-refractivity contribution in [2.75, 3.05) is 17.3 Å². The van der Waals surface area contributed by atoms with Gasteiger partial charge in [-0.3, -0.25) is 4.79 Å². The minimum Gasteiger partial charge on any atom is -0.492 e. The van der Waals surface area contributed by atoms with Gasteiger partial charge >= 0.3 is 0 Å². The minimum atomic E-state index is -0.233. The molecule has 1 heterocycles. The minimum absolute atomic E-state index is 0.0202. The van der Waals surface area contributed by atoms with Crippen LogP contribution < -0.4 is 10.1 Å². The van der Waals surface area contributed by atoms with Crippen LogP contribution in [0.2, 0.25) is 0 Å². The van der Waals surface area contributed by atoms with Gasteiger partial charge in [0.1, 0.15) is 18.3 Å². The molecule has 1 atom stereocenters. The van der Waals surface area contributed by atoms with Crippen molar-refractivity contribution >= 4 is 27.5 Å². The molecule has 2 aromatic rings. The lowest BCUT2D eigenvalue weighted by molar-refractivity contribution is -0.117. The van der Waals surface area contributed by atoms with Gasteiger partial charge in [-0.2, -0.15) is 0 Å². The lowest BCUT2D eigenvalue weighted by Crippen LogP contribution is -2.22. The predicted octanol–water partition coefficient (Wildman–Crippen LogP) is 3.74. The number of alkyl halides is 1. The summed E-state index contributed by atoms with van der Waals surface area (Å²) in [7, 11) is 0. The van der Waals surface area contributed by atoms with E-state index in [-0.39, 0.29) is 11.8 Å². The first kappa shape index (κ1) is 14.1. The molecule has 0 aromatic heterocycles. The standard InChI is InChI=1S/C17H16BrNO2/c18-10-9-12-5-7-13(8-6-12)19-17(20)15-11-21-16-4-2-1-3-14(15)16/h1-8,15H,9-11H2,(H,19,20). The van der Waals surface area contributed by atoms with E-state index in [9.17, 15) is 4.79 Å². The van der Waals surface area contributed by atoms with Gasteiger partial charge in [0.25, 0.3) is 0 Å². The van der Waals surface area contributed by atoms with Gasteiger partial charge in [0.05, 0.1) is 0 Å². The zero-order chi connectivity index (χ0) is 14.7. The van der Waals surface area contributed by atoms with Crippen molar-refractivity contribution in [3.8, 4) is 5.75 Å². The van der Waals surface area contributed by atoms with Crippen LogP contribution >= 0.6 is 15.9 Å². The number of para-hydroxylation sites is 1. The highest BCUT2D eigenvalue weighted by atomic mass is 79.9. The number of anilines is 1. The van der Waals surface area contributed by atoms with Crippen molar-refractivity contribution < 1.29 is 9.53 Å². The molecule has 0 bridgehead atoms. The van der Waals surface area contributed by atoms with Gasteiger partial charge in [0.15, 0.2) is 0 Å². The third-order valence-electron chi connectivity index (χ3n) is 3.62. The Kier molecular flexibility index (Phi) is 4.25. The molecule has 0 aliphatic carbocycles. The Balaban J connectivity index is 1.70. The molecule has 2 aromatic carbocycles. The number of carbonyl (C=O) groups excluding carboxylic acids is 1. The van der Waals surface area contributed by atoms with Crippen LogP contribution in [0, 0.1) is 0 Å². The molecular weight excluding hydrogens is 330 g/mol. The molecule has 1 unspecified atom stereocenters.